The maximum Gasteiger partial charge on any atom is 0.414 e. The average molecular weight is 334 g/mol. The van der Waals surface area contributed by atoms with E-state index >= 15 is 0 Å². The minimum atomic E-state index is -4.65. The van der Waals surface area contributed by atoms with Gasteiger partial charge in [-0.25, -0.2) is 4.98 Å². The summed E-state index contributed by atoms with van der Waals surface area (Å²) in [5, 5.41) is 2.00. The van der Waals surface area contributed by atoms with Gasteiger partial charge in [0, 0.05) is 18.8 Å². The Morgan fingerprint density at radius 3 is 2.67 bits per heavy atom. The molecule has 0 bridgehead atoms. The van der Waals surface area contributed by atoms with E-state index in [-0.39, 0.29) is 11.3 Å². The molecular weight excluding hydrogens is 321 g/mol. The van der Waals surface area contributed by atoms with Gasteiger partial charge in [0.25, 0.3) is 5.91 Å². The molecule has 1 atom stereocenters. The molecule has 0 aliphatic rings. The van der Waals surface area contributed by atoms with Gasteiger partial charge in [-0.15, -0.1) is 0 Å². The van der Waals surface area contributed by atoms with Crippen LogP contribution in [0, 0.1) is 0 Å². The van der Waals surface area contributed by atoms with Gasteiger partial charge in [0.15, 0.2) is 6.04 Å². The van der Waals surface area contributed by atoms with Gasteiger partial charge in [0.2, 0.25) is 0 Å². The Kier molecular flexibility index (Phi) is 3.96. The molecule has 2 aromatic heterocycles. The van der Waals surface area contributed by atoms with Gasteiger partial charge in [-0.3, -0.25) is 9.78 Å². The lowest BCUT2D eigenvalue weighted by atomic mass is 10.1. The van der Waals surface area contributed by atoms with Gasteiger partial charge >= 0.3 is 6.18 Å². The van der Waals surface area contributed by atoms with Gasteiger partial charge in [-0.1, -0.05) is 6.07 Å². The van der Waals surface area contributed by atoms with Gasteiger partial charge in [0.05, 0.1) is 23.1 Å². The molecule has 1 N–H and O–H groups in total. The van der Waals surface area contributed by atoms with E-state index in [1.165, 1.54) is 36.5 Å². The smallest absolute Gasteiger partial charge is 0.335 e. The second-order valence-electron chi connectivity index (χ2n) is 5.26. The number of aryl methyl sites for hydroxylation is 1. The van der Waals surface area contributed by atoms with Crippen molar-refractivity contribution in [3.05, 3.63) is 60.2 Å². The number of aromatic nitrogens is 3. The van der Waals surface area contributed by atoms with Crippen molar-refractivity contribution in [2.24, 2.45) is 7.05 Å². The number of carbonyl (C=O) groups excluding carboxylic acids is 1. The lowest BCUT2D eigenvalue weighted by molar-refractivity contribution is -0.156. The second-order valence-corrected chi connectivity index (χ2v) is 5.26. The normalized spacial score (nSPS) is 13.0. The van der Waals surface area contributed by atoms with Crippen LogP contribution in [0.1, 0.15) is 22.1 Å². The lowest BCUT2D eigenvalue weighted by Gasteiger charge is -2.21. The molecule has 1 amide bonds. The van der Waals surface area contributed by atoms with Gasteiger partial charge < -0.3 is 9.88 Å². The molecule has 0 saturated heterocycles. The van der Waals surface area contributed by atoms with Crippen LogP contribution >= 0.6 is 0 Å². The number of hydrogen-bond acceptors (Lipinski definition) is 3. The molecule has 24 heavy (non-hydrogen) atoms. The van der Waals surface area contributed by atoms with E-state index in [1.807, 2.05) is 5.32 Å². The molecule has 1 aromatic carbocycles. The highest BCUT2D eigenvalue weighted by molar-refractivity contribution is 5.97. The molecule has 2 heterocycles. The largest absolute Gasteiger partial charge is 0.414 e. The fourth-order valence-corrected chi connectivity index (χ4v) is 2.36. The molecule has 3 rings (SSSR count). The predicted molar refractivity (Wildman–Crippen MR) is 81.2 cm³/mol. The third kappa shape index (κ3) is 3.08. The first kappa shape index (κ1) is 16.0. The molecule has 5 nitrogen and oxygen atoms in total. The van der Waals surface area contributed by atoms with E-state index in [0.717, 1.165) is 5.52 Å². The average Bonchev–Trinajstić information content (AvgIpc) is 2.93. The Hall–Kier alpha value is -2.90. The van der Waals surface area contributed by atoms with Crippen molar-refractivity contribution in [1.82, 2.24) is 19.9 Å². The summed E-state index contributed by atoms with van der Waals surface area (Å²) in [7, 11) is 1.79. The molecule has 1 unspecified atom stereocenters. The van der Waals surface area contributed by atoms with Crippen LogP contribution in [0.15, 0.2) is 48.9 Å². The summed E-state index contributed by atoms with van der Waals surface area (Å²) in [5.41, 5.74) is 1.15. The number of fused-ring (bicyclic) bond motifs is 1. The summed E-state index contributed by atoms with van der Waals surface area (Å²) >= 11 is 0. The number of pyridine rings is 1. The van der Waals surface area contributed by atoms with Crippen molar-refractivity contribution in [2.75, 3.05) is 0 Å². The number of rotatable bonds is 3. The summed E-state index contributed by atoms with van der Waals surface area (Å²) in [6.45, 7) is 0. The van der Waals surface area contributed by atoms with Crippen LogP contribution in [-0.2, 0) is 7.05 Å². The third-order valence-electron chi connectivity index (χ3n) is 3.57. The highest BCUT2D eigenvalue weighted by Crippen LogP contribution is 2.31. The Balaban J connectivity index is 1.89. The Morgan fingerprint density at radius 1 is 1.21 bits per heavy atom. The minimum Gasteiger partial charge on any atom is -0.335 e. The van der Waals surface area contributed by atoms with Crippen molar-refractivity contribution in [2.45, 2.75) is 12.2 Å². The molecular formula is C16H13F3N4O. The first-order valence-corrected chi connectivity index (χ1v) is 7.06. The van der Waals surface area contributed by atoms with E-state index in [0.29, 0.717) is 5.52 Å². The van der Waals surface area contributed by atoms with Crippen molar-refractivity contribution in [3.8, 4) is 0 Å². The number of nitrogens with zero attached hydrogens (tertiary/aromatic N) is 3. The molecule has 8 heteroatoms. The van der Waals surface area contributed by atoms with Crippen LogP contribution in [0.5, 0.6) is 0 Å². The fourth-order valence-electron chi connectivity index (χ4n) is 2.36. The van der Waals surface area contributed by atoms with E-state index in [4.69, 9.17) is 0 Å². The van der Waals surface area contributed by atoms with E-state index in [2.05, 4.69) is 9.97 Å². The Bertz CT molecular complexity index is 874. The summed E-state index contributed by atoms with van der Waals surface area (Å²) < 4.78 is 41.6. The van der Waals surface area contributed by atoms with Crippen molar-refractivity contribution in [1.29, 1.82) is 0 Å². The van der Waals surface area contributed by atoms with Crippen LogP contribution < -0.4 is 5.32 Å². The van der Waals surface area contributed by atoms with Crippen molar-refractivity contribution in [3.63, 3.8) is 0 Å². The Labute approximate surface area is 135 Å². The summed E-state index contributed by atoms with van der Waals surface area (Å²) in [4.78, 5) is 20.0. The standard InChI is InChI=1S/C16H13F3N4O/c1-23-9-21-12-8-10(5-6-13(12)23)15(24)22-14(16(17,18)19)11-4-2-3-7-20-11/h2-9,14H,1H3,(H,22,24). The number of nitrogens with one attached hydrogen (secondary N) is 1. The number of hydrogen-bond donors (Lipinski definition) is 1. The zero-order valence-electron chi connectivity index (χ0n) is 12.6. The van der Waals surface area contributed by atoms with Crippen molar-refractivity contribution >= 4 is 16.9 Å². The monoisotopic (exact) mass is 334 g/mol. The minimum absolute atomic E-state index is 0.103. The van der Waals surface area contributed by atoms with E-state index < -0.39 is 18.1 Å². The number of carbonyl (C=O) groups is 1. The molecule has 0 fully saturated rings. The van der Waals surface area contributed by atoms with Crippen molar-refractivity contribution < 1.29 is 18.0 Å². The highest BCUT2D eigenvalue weighted by atomic mass is 19.4. The Morgan fingerprint density at radius 2 is 2.00 bits per heavy atom. The number of benzene rings is 1. The topological polar surface area (TPSA) is 59.8 Å². The second kappa shape index (κ2) is 5.95. The number of halogens is 3. The highest BCUT2D eigenvalue weighted by Gasteiger charge is 2.42. The number of alkyl halides is 3. The summed E-state index contributed by atoms with van der Waals surface area (Å²) in [5.74, 6) is -0.837. The zero-order valence-corrected chi connectivity index (χ0v) is 12.6. The zero-order chi connectivity index (χ0) is 17.3. The van der Waals surface area contributed by atoms with Gasteiger partial charge in [0.1, 0.15) is 0 Å². The van der Waals surface area contributed by atoms with Gasteiger partial charge in [-0.05, 0) is 30.3 Å². The lowest BCUT2D eigenvalue weighted by Crippen LogP contribution is -2.38. The van der Waals surface area contributed by atoms with Crippen LogP contribution in [-0.4, -0.2) is 26.6 Å². The molecule has 0 saturated carbocycles. The van der Waals surface area contributed by atoms with Crippen LogP contribution in [0.25, 0.3) is 11.0 Å². The number of imidazole rings is 1. The maximum atomic E-state index is 13.3. The molecule has 0 spiro atoms. The van der Waals surface area contributed by atoms with Gasteiger partial charge in [-0.2, -0.15) is 13.2 Å². The van der Waals surface area contributed by atoms with E-state index in [9.17, 15) is 18.0 Å². The van der Waals surface area contributed by atoms with Crippen LogP contribution in [0.3, 0.4) is 0 Å². The first-order valence-electron chi connectivity index (χ1n) is 7.06. The molecule has 124 valence electrons. The van der Waals surface area contributed by atoms with Crippen LogP contribution in [0.4, 0.5) is 13.2 Å². The molecule has 0 radical (unpaired) electrons. The number of amides is 1. The summed E-state index contributed by atoms with van der Waals surface area (Å²) in [6, 6.07) is 6.55. The maximum absolute atomic E-state index is 13.3. The molecule has 3 aromatic rings. The first-order chi connectivity index (χ1) is 11.4. The predicted octanol–water partition coefficient (Wildman–Crippen LogP) is 3.00. The quantitative estimate of drug-likeness (QED) is 0.801. The molecule has 0 aliphatic carbocycles. The SMILES string of the molecule is Cn1cnc2cc(C(=O)NC(c3ccccn3)C(F)(F)F)ccc21. The fraction of sp³-hybridized carbons (Fsp3) is 0.188. The van der Waals surface area contributed by atoms with Crippen LogP contribution in [0.2, 0.25) is 0 Å². The van der Waals surface area contributed by atoms with E-state index in [1.54, 1.807) is 24.0 Å². The third-order valence-corrected chi connectivity index (χ3v) is 3.57. The summed E-state index contributed by atoms with van der Waals surface area (Å²) in [6.07, 6.45) is -1.84. The molecule has 0 aliphatic heterocycles.